The largest absolute Gasteiger partial charge is 0.484 e. The van der Waals surface area contributed by atoms with Gasteiger partial charge in [-0.3, -0.25) is 4.79 Å². The molecular weight excluding hydrogens is 300 g/mol. The number of benzene rings is 1. The van der Waals surface area contributed by atoms with Crippen molar-refractivity contribution in [2.45, 2.75) is 46.1 Å². The van der Waals surface area contributed by atoms with Gasteiger partial charge in [0.05, 0.1) is 0 Å². The normalized spacial score (nSPS) is 12.2. The lowest BCUT2D eigenvalue weighted by Crippen LogP contribution is -2.40. The van der Waals surface area contributed by atoms with Gasteiger partial charge in [-0.05, 0) is 36.6 Å². The van der Waals surface area contributed by atoms with Gasteiger partial charge in [-0.25, -0.2) is 0 Å². The van der Waals surface area contributed by atoms with Crippen molar-refractivity contribution in [3.05, 3.63) is 29.8 Å². The Bertz CT molecular complexity index is 441. The molecule has 0 aliphatic heterocycles. The number of carbonyl (C=O) groups excluding carboxylic acids is 1. The summed E-state index contributed by atoms with van der Waals surface area (Å²) >= 11 is 0. The van der Waals surface area contributed by atoms with Crippen LogP contribution in [0.15, 0.2) is 24.3 Å². The summed E-state index contributed by atoms with van der Waals surface area (Å²) in [6.45, 7) is 12.1. The molecule has 0 aliphatic carbocycles. The minimum Gasteiger partial charge on any atom is -0.484 e. The highest BCUT2D eigenvalue weighted by molar-refractivity contribution is 5.85. The molecule has 0 radical (unpaired) electrons. The van der Waals surface area contributed by atoms with Crippen molar-refractivity contribution in [3.8, 4) is 5.75 Å². The van der Waals surface area contributed by atoms with Crippen LogP contribution in [-0.2, 0) is 10.2 Å². The lowest BCUT2D eigenvalue weighted by atomic mass is 9.87. The zero-order chi connectivity index (χ0) is 15.9. The van der Waals surface area contributed by atoms with E-state index in [-0.39, 0.29) is 36.4 Å². The average molecular weight is 329 g/mol. The Morgan fingerprint density at radius 3 is 2.32 bits per heavy atom. The molecule has 5 heteroatoms. The fourth-order valence-electron chi connectivity index (χ4n) is 1.94. The van der Waals surface area contributed by atoms with Crippen LogP contribution < -0.4 is 15.4 Å². The molecule has 1 aromatic rings. The van der Waals surface area contributed by atoms with Crippen LogP contribution in [0.1, 0.15) is 40.2 Å². The van der Waals surface area contributed by atoms with Crippen LogP contribution in [-0.4, -0.2) is 31.6 Å². The third-order valence-electron chi connectivity index (χ3n) is 3.25. The highest BCUT2D eigenvalue weighted by Crippen LogP contribution is 2.24. The molecule has 0 unspecified atom stereocenters. The Morgan fingerprint density at radius 1 is 1.23 bits per heavy atom. The first kappa shape index (κ1) is 20.7. The number of carbonyl (C=O) groups is 1. The highest BCUT2D eigenvalue weighted by atomic mass is 35.5. The molecule has 1 amide bonds. The van der Waals surface area contributed by atoms with E-state index in [0.29, 0.717) is 6.54 Å². The van der Waals surface area contributed by atoms with Crippen LogP contribution in [0.2, 0.25) is 0 Å². The Hall–Kier alpha value is -1.26. The number of halogens is 1. The molecule has 22 heavy (non-hydrogen) atoms. The van der Waals surface area contributed by atoms with E-state index in [1.54, 1.807) is 0 Å². The van der Waals surface area contributed by atoms with Gasteiger partial charge in [0.15, 0.2) is 6.61 Å². The second kappa shape index (κ2) is 9.70. The highest BCUT2D eigenvalue weighted by Gasteiger charge is 2.13. The second-order valence-electron chi connectivity index (χ2n) is 6.33. The van der Waals surface area contributed by atoms with Crippen molar-refractivity contribution in [2.24, 2.45) is 0 Å². The van der Waals surface area contributed by atoms with Gasteiger partial charge in [-0.15, -0.1) is 12.4 Å². The summed E-state index contributed by atoms with van der Waals surface area (Å²) in [4.78, 5) is 11.7. The number of rotatable bonds is 7. The van der Waals surface area contributed by atoms with Gasteiger partial charge in [0.2, 0.25) is 0 Å². The lowest BCUT2D eigenvalue weighted by Gasteiger charge is -2.19. The maximum atomic E-state index is 11.7. The smallest absolute Gasteiger partial charge is 0.257 e. The maximum absolute atomic E-state index is 11.7. The SMILES string of the molecule is CCN[C@H](C)CNC(=O)COc1ccc(C(C)(C)C)cc1.Cl. The van der Waals surface area contributed by atoms with E-state index in [2.05, 4.69) is 31.4 Å². The number of likely N-dealkylation sites (N-methyl/N-ethyl adjacent to an activating group) is 1. The summed E-state index contributed by atoms with van der Waals surface area (Å²) in [6.07, 6.45) is 0. The van der Waals surface area contributed by atoms with E-state index in [1.807, 2.05) is 38.1 Å². The first-order valence-electron chi connectivity index (χ1n) is 7.56. The molecule has 1 atom stereocenters. The molecule has 0 heterocycles. The zero-order valence-electron chi connectivity index (χ0n) is 14.2. The van der Waals surface area contributed by atoms with Crippen LogP contribution >= 0.6 is 12.4 Å². The Kier molecular flexibility index (Phi) is 9.14. The molecule has 0 spiro atoms. The van der Waals surface area contributed by atoms with Crippen molar-refractivity contribution in [2.75, 3.05) is 19.7 Å². The summed E-state index contributed by atoms with van der Waals surface area (Å²) in [6, 6.07) is 8.18. The maximum Gasteiger partial charge on any atom is 0.257 e. The van der Waals surface area contributed by atoms with Crippen molar-refractivity contribution >= 4 is 18.3 Å². The molecule has 1 aromatic carbocycles. The van der Waals surface area contributed by atoms with Gasteiger partial charge >= 0.3 is 0 Å². The monoisotopic (exact) mass is 328 g/mol. The molecule has 0 aromatic heterocycles. The van der Waals surface area contributed by atoms with Gasteiger partial charge in [0.1, 0.15) is 5.75 Å². The van der Waals surface area contributed by atoms with Crippen LogP contribution in [0.5, 0.6) is 5.75 Å². The predicted molar refractivity (Wildman–Crippen MR) is 94.0 cm³/mol. The summed E-state index contributed by atoms with van der Waals surface area (Å²) < 4.78 is 5.50. The van der Waals surface area contributed by atoms with E-state index in [0.717, 1.165) is 12.3 Å². The quantitative estimate of drug-likeness (QED) is 0.809. The summed E-state index contributed by atoms with van der Waals surface area (Å²) in [7, 11) is 0. The minimum absolute atomic E-state index is 0. The fraction of sp³-hybridized carbons (Fsp3) is 0.588. The molecule has 0 aliphatic rings. The van der Waals surface area contributed by atoms with E-state index < -0.39 is 0 Å². The van der Waals surface area contributed by atoms with Crippen molar-refractivity contribution in [3.63, 3.8) is 0 Å². The van der Waals surface area contributed by atoms with Crippen LogP contribution in [0.4, 0.5) is 0 Å². The molecule has 4 nitrogen and oxygen atoms in total. The van der Waals surface area contributed by atoms with Crippen molar-refractivity contribution in [1.29, 1.82) is 0 Å². The lowest BCUT2D eigenvalue weighted by molar-refractivity contribution is -0.123. The van der Waals surface area contributed by atoms with E-state index in [4.69, 9.17) is 4.74 Å². The number of ether oxygens (including phenoxy) is 1. The Morgan fingerprint density at radius 2 is 1.82 bits per heavy atom. The predicted octanol–water partition coefficient (Wildman–Crippen LogP) is 2.90. The Labute approximate surface area is 140 Å². The van der Waals surface area contributed by atoms with Crippen LogP contribution in [0.3, 0.4) is 0 Å². The molecule has 2 N–H and O–H groups in total. The van der Waals surface area contributed by atoms with Crippen LogP contribution in [0.25, 0.3) is 0 Å². The number of hydrogen-bond acceptors (Lipinski definition) is 3. The van der Waals surface area contributed by atoms with Gasteiger partial charge in [-0.1, -0.05) is 39.8 Å². The standard InChI is InChI=1S/C17H28N2O2.ClH/c1-6-18-13(2)11-19-16(20)12-21-15-9-7-14(8-10-15)17(3,4)5;/h7-10,13,18H,6,11-12H2,1-5H3,(H,19,20);1H/t13-;/m1./s1. The molecule has 0 saturated heterocycles. The fourth-order valence-corrected chi connectivity index (χ4v) is 1.94. The molecule has 126 valence electrons. The van der Waals surface area contributed by atoms with E-state index in [9.17, 15) is 4.79 Å². The topological polar surface area (TPSA) is 50.4 Å². The van der Waals surface area contributed by atoms with E-state index >= 15 is 0 Å². The van der Waals surface area contributed by atoms with E-state index in [1.165, 1.54) is 5.56 Å². The molecule has 0 fully saturated rings. The number of hydrogen-bond donors (Lipinski definition) is 2. The van der Waals surface area contributed by atoms with Gasteiger partial charge in [0.25, 0.3) is 5.91 Å². The summed E-state index contributed by atoms with van der Waals surface area (Å²) in [5.74, 6) is 0.623. The number of nitrogens with one attached hydrogen (secondary N) is 2. The van der Waals surface area contributed by atoms with Crippen LogP contribution in [0, 0.1) is 0 Å². The second-order valence-corrected chi connectivity index (χ2v) is 6.33. The van der Waals surface area contributed by atoms with Crippen molar-refractivity contribution < 1.29 is 9.53 Å². The first-order chi connectivity index (χ1) is 9.82. The third kappa shape index (κ3) is 7.66. The molecule has 0 bridgehead atoms. The minimum atomic E-state index is -0.0975. The van der Waals surface area contributed by atoms with Gasteiger partial charge in [0, 0.05) is 12.6 Å². The third-order valence-corrected chi connectivity index (χ3v) is 3.25. The molecular formula is C17H29ClN2O2. The molecule has 0 saturated carbocycles. The van der Waals surface area contributed by atoms with Crippen molar-refractivity contribution in [1.82, 2.24) is 10.6 Å². The van der Waals surface area contributed by atoms with Gasteiger partial charge < -0.3 is 15.4 Å². The zero-order valence-corrected chi connectivity index (χ0v) is 15.0. The number of amides is 1. The average Bonchev–Trinajstić information content (AvgIpc) is 2.43. The first-order valence-corrected chi connectivity index (χ1v) is 7.56. The summed E-state index contributed by atoms with van der Waals surface area (Å²) in [5.41, 5.74) is 1.37. The van der Waals surface area contributed by atoms with Gasteiger partial charge in [-0.2, -0.15) is 0 Å². The molecule has 1 rings (SSSR count). The Balaban J connectivity index is 0.00000441. The summed E-state index contributed by atoms with van der Waals surface area (Å²) in [5, 5.41) is 6.09.